The molecule has 0 radical (unpaired) electrons. The molecule has 2 aliphatic rings. The van der Waals surface area contributed by atoms with Gasteiger partial charge in [-0.25, -0.2) is 0 Å². The summed E-state index contributed by atoms with van der Waals surface area (Å²) in [5, 5.41) is 7.22. The lowest BCUT2D eigenvalue weighted by atomic mass is 9.95. The van der Waals surface area contributed by atoms with Crippen LogP contribution in [0.5, 0.6) is 0 Å². The summed E-state index contributed by atoms with van der Waals surface area (Å²) < 4.78 is 0. The van der Waals surface area contributed by atoms with Gasteiger partial charge in [0.05, 0.1) is 0 Å². The second kappa shape index (κ2) is 6.15. The van der Waals surface area contributed by atoms with E-state index in [-0.39, 0.29) is 0 Å². The smallest absolute Gasteiger partial charge is 0.0344 e. The Hall–Kier alpha value is -1.06. The summed E-state index contributed by atoms with van der Waals surface area (Å²) in [6, 6.07) is 7.61. The highest BCUT2D eigenvalue weighted by molar-refractivity contribution is 5.51. The van der Waals surface area contributed by atoms with Gasteiger partial charge in [-0.05, 0) is 75.5 Å². The van der Waals surface area contributed by atoms with Crippen molar-refractivity contribution in [3.8, 4) is 0 Å². The van der Waals surface area contributed by atoms with E-state index in [9.17, 15) is 0 Å². The topological polar surface area (TPSA) is 27.3 Å². The zero-order valence-corrected chi connectivity index (χ0v) is 12.8. The van der Waals surface area contributed by atoms with Crippen molar-refractivity contribution < 1.29 is 0 Å². The molecule has 1 aromatic carbocycles. The molecule has 110 valence electrons. The summed E-state index contributed by atoms with van der Waals surface area (Å²) in [7, 11) is 4.23. The lowest BCUT2D eigenvalue weighted by Gasteiger charge is -2.18. The highest BCUT2D eigenvalue weighted by Crippen LogP contribution is 2.44. The first-order valence-electron chi connectivity index (χ1n) is 8.00. The van der Waals surface area contributed by atoms with Crippen LogP contribution in [0.4, 0.5) is 5.69 Å². The lowest BCUT2D eigenvalue weighted by molar-refractivity contribution is 0.425. The summed E-state index contributed by atoms with van der Waals surface area (Å²) in [5.74, 6) is 0.836. The Kier molecular flexibility index (Phi) is 4.27. The largest absolute Gasteiger partial charge is 0.384 e. The maximum atomic E-state index is 3.66. The van der Waals surface area contributed by atoms with Crippen molar-refractivity contribution in [2.45, 2.75) is 37.6 Å². The standard InChI is InChI=1S/C17H27N3/c1-20(2)11-10-18-14-7-8-15(13-5-6-13)16(12-14)17-4-3-9-19-17/h7-8,12-13,17-19H,3-6,9-11H2,1-2H3. The Morgan fingerprint density at radius 2 is 2.05 bits per heavy atom. The van der Waals surface area contributed by atoms with Gasteiger partial charge in [0.2, 0.25) is 0 Å². The van der Waals surface area contributed by atoms with Gasteiger partial charge in [0.25, 0.3) is 0 Å². The van der Waals surface area contributed by atoms with Crippen LogP contribution in [0.25, 0.3) is 0 Å². The minimum atomic E-state index is 0.584. The van der Waals surface area contributed by atoms with Gasteiger partial charge in [0, 0.05) is 24.8 Å². The van der Waals surface area contributed by atoms with Crippen LogP contribution in [0.2, 0.25) is 0 Å². The number of hydrogen-bond acceptors (Lipinski definition) is 3. The van der Waals surface area contributed by atoms with Crippen LogP contribution in [-0.4, -0.2) is 38.6 Å². The van der Waals surface area contributed by atoms with Gasteiger partial charge in [-0.3, -0.25) is 0 Å². The molecule has 2 fully saturated rings. The minimum Gasteiger partial charge on any atom is -0.384 e. The summed E-state index contributed by atoms with van der Waals surface area (Å²) >= 11 is 0. The van der Waals surface area contributed by atoms with E-state index in [2.05, 4.69) is 47.8 Å². The third-order valence-electron chi connectivity index (χ3n) is 4.43. The molecule has 0 spiro atoms. The number of benzene rings is 1. The van der Waals surface area contributed by atoms with E-state index in [4.69, 9.17) is 0 Å². The molecule has 2 N–H and O–H groups in total. The van der Waals surface area contributed by atoms with Crippen molar-refractivity contribution in [2.75, 3.05) is 39.0 Å². The molecule has 0 aromatic heterocycles. The van der Waals surface area contributed by atoms with Crippen LogP contribution in [0.1, 0.15) is 48.8 Å². The van der Waals surface area contributed by atoms with Gasteiger partial charge in [0.15, 0.2) is 0 Å². The Morgan fingerprint density at radius 3 is 2.70 bits per heavy atom. The highest BCUT2D eigenvalue weighted by Gasteiger charge is 2.29. The third-order valence-corrected chi connectivity index (χ3v) is 4.43. The van der Waals surface area contributed by atoms with Crippen molar-refractivity contribution in [2.24, 2.45) is 0 Å². The SMILES string of the molecule is CN(C)CCNc1ccc(C2CC2)c(C2CCCN2)c1. The normalized spacial score (nSPS) is 22.4. The zero-order valence-electron chi connectivity index (χ0n) is 12.8. The molecule has 1 atom stereocenters. The van der Waals surface area contributed by atoms with E-state index in [0.717, 1.165) is 19.0 Å². The van der Waals surface area contributed by atoms with Crippen LogP contribution in [0.3, 0.4) is 0 Å². The van der Waals surface area contributed by atoms with Gasteiger partial charge >= 0.3 is 0 Å². The van der Waals surface area contributed by atoms with Gasteiger partial charge in [-0.2, -0.15) is 0 Å². The molecule has 20 heavy (non-hydrogen) atoms. The van der Waals surface area contributed by atoms with Crippen molar-refractivity contribution in [1.29, 1.82) is 0 Å². The third kappa shape index (κ3) is 3.33. The monoisotopic (exact) mass is 273 g/mol. The predicted octanol–water partition coefficient (Wildman–Crippen LogP) is 2.96. The van der Waals surface area contributed by atoms with E-state index in [1.165, 1.54) is 37.9 Å². The quantitative estimate of drug-likeness (QED) is 0.834. The maximum absolute atomic E-state index is 3.66. The first-order chi connectivity index (χ1) is 9.74. The van der Waals surface area contributed by atoms with Crippen molar-refractivity contribution in [1.82, 2.24) is 10.2 Å². The molecule has 3 rings (SSSR count). The van der Waals surface area contributed by atoms with Gasteiger partial charge < -0.3 is 15.5 Å². The molecule has 1 saturated heterocycles. The molecule has 1 saturated carbocycles. The average Bonchev–Trinajstić information content (AvgIpc) is 3.13. The molecular weight excluding hydrogens is 246 g/mol. The lowest BCUT2D eigenvalue weighted by Crippen LogP contribution is -2.21. The second-order valence-corrected chi connectivity index (χ2v) is 6.50. The van der Waals surface area contributed by atoms with Crippen molar-refractivity contribution in [3.05, 3.63) is 29.3 Å². The van der Waals surface area contributed by atoms with Crippen LogP contribution >= 0.6 is 0 Å². The van der Waals surface area contributed by atoms with Crippen molar-refractivity contribution in [3.63, 3.8) is 0 Å². The predicted molar refractivity (Wildman–Crippen MR) is 85.4 cm³/mol. The molecule has 1 aliphatic heterocycles. The maximum Gasteiger partial charge on any atom is 0.0344 e. The second-order valence-electron chi connectivity index (χ2n) is 6.50. The van der Waals surface area contributed by atoms with E-state index in [0.29, 0.717) is 6.04 Å². The Bertz CT molecular complexity index is 446. The number of nitrogens with one attached hydrogen (secondary N) is 2. The van der Waals surface area contributed by atoms with Gasteiger partial charge in [0.1, 0.15) is 0 Å². The number of likely N-dealkylation sites (N-methyl/N-ethyl adjacent to an activating group) is 1. The number of anilines is 1. The Morgan fingerprint density at radius 1 is 1.20 bits per heavy atom. The average molecular weight is 273 g/mol. The fourth-order valence-corrected chi connectivity index (χ4v) is 3.13. The number of hydrogen-bond donors (Lipinski definition) is 2. The molecular formula is C17H27N3. The summed E-state index contributed by atoms with van der Waals surface area (Å²) in [6.07, 6.45) is 5.37. The molecule has 3 heteroatoms. The molecule has 1 aliphatic carbocycles. The molecule has 1 unspecified atom stereocenters. The molecule has 0 amide bonds. The molecule has 3 nitrogen and oxygen atoms in total. The first kappa shape index (κ1) is 13.9. The van der Waals surface area contributed by atoms with Crippen LogP contribution in [0, 0.1) is 0 Å². The summed E-state index contributed by atoms with van der Waals surface area (Å²) in [5.41, 5.74) is 4.43. The van der Waals surface area contributed by atoms with E-state index in [1.807, 2.05) is 0 Å². The Balaban J connectivity index is 1.73. The van der Waals surface area contributed by atoms with Crippen LogP contribution in [0.15, 0.2) is 18.2 Å². The van der Waals surface area contributed by atoms with Crippen LogP contribution in [-0.2, 0) is 0 Å². The van der Waals surface area contributed by atoms with Gasteiger partial charge in [-0.15, -0.1) is 0 Å². The fraction of sp³-hybridized carbons (Fsp3) is 0.647. The molecule has 0 bridgehead atoms. The minimum absolute atomic E-state index is 0.584. The number of nitrogens with zero attached hydrogens (tertiary/aromatic N) is 1. The molecule has 1 aromatic rings. The summed E-state index contributed by atoms with van der Waals surface area (Å²) in [6.45, 7) is 3.25. The number of rotatable bonds is 6. The summed E-state index contributed by atoms with van der Waals surface area (Å²) in [4.78, 5) is 2.21. The Labute approximate surface area is 122 Å². The molecule has 1 heterocycles. The van der Waals surface area contributed by atoms with Crippen molar-refractivity contribution >= 4 is 5.69 Å². The van der Waals surface area contributed by atoms with E-state index >= 15 is 0 Å². The van der Waals surface area contributed by atoms with Crippen LogP contribution < -0.4 is 10.6 Å². The van der Waals surface area contributed by atoms with Gasteiger partial charge in [-0.1, -0.05) is 6.07 Å². The zero-order chi connectivity index (χ0) is 13.9. The fourth-order valence-electron chi connectivity index (χ4n) is 3.13. The van der Waals surface area contributed by atoms with E-state index < -0.39 is 0 Å². The van der Waals surface area contributed by atoms with E-state index in [1.54, 1.807) is 11.1 Å². The first-order valence-corrected chi connectivity index (χ1v) is 8.00. The highest BCUT2D eigenvalue weighted by atomic mass is 15.1.